The van der Waals surface area contributed by atoms with Crippen molar-refractivity contribution in [1.29, 1.82) is 0 Å². The maximum absolute atomic E-state index is 12.6. The quantitative estimate of drug-likeness (QED) is 0.153. The van der Waals surface area contributed by atoms with Crippen LogP contribution >= 0.6 is 11.8 Å². The van der Waals surface area contributed by atoms with E-state index in [0.717, 1.165) is 41.8 Å². The molecule has 2 aliphatic rings. The van der Waals surface area contributed by atoms with Crippen LogP contribution in [0.15, 0.2) is 34.6 Å². The number of fused-ring (bicyclic) bond motifs is 1. The summed E-state index contributed by atoms with van der Waals surface area (Å²) in [6.45, 7) is 0.842. The highest BCUT2D eigenvalue weighted by atomic mass is 32.2. The minimum absolute atomic E-state index is 0.106. The highest BCUT2D eigenvalue weighted by Crippen LogP contribution is 2.40. The van der Waals surface area contributed by atoms with Gasteiger partial charge < -0.3 is 20.3 Å². The molecule has 3 N–H and O–H groups in total. The van der Waals surface area contributed by atoms with E-state index in [1.54, 1.807) is 0 Å². The van der Waals surface area contributed by atoms with Crippen molar-refractivity contribution in [3.05, 3.63) is 50.1 Å². The Hall–Kier alpha value is -4.01. The van der Waals surface area contributed by atoms with E-state index >= 15 is 0 Å². The number of esters is 1. The van der Waals surface area contributed by atoms with E-state index in [-0.39, 0.29) is 29.2 Å². The normalized spacial score (nSPS) is 20.3. The van der Waals surface area contributed by atoms with Crippen LogP contribution in [0.3, 0.4) is 0 Å². The van der Waals surface area contributed by atoms with Crippen LogP contribution in [0.25, 0.3) is 0 Å². The van der Waals surface area contributed by atoms with Gasteiger partial charge in [0, 0.05) is 24.3 Å². The number of rotatable bonds is 8. The highest BCUT2D eigenvalue weighted by molar-refractivity contribution is 8.00. The second-order valence-corrected chi connectivity index (χ2v) is 8.05. The highest BCUT2D eigenvalue weighted by Gasteiger charge is 2.54. The monoisotopic (exact) mass is 480 g/mol. The number of aliphatic carboxylic acids is 1. The molecule has 0 bridgehead atoms. The van der Waals surface area contributed by atoms with Crippen molar-refractivity contribution in [2.75, 3.05) is 12.4 Å². The van der Waals surface area contributed by atoms with Gasteiger partial charge in [-0.2, -0.15) is 0 Å². The number of hydrogen-bond donors (Lipinski definition) is 3. The number of ether oxygens (including phenoxy) is 1. The van der Waals surface area contributed by atoms with E-state index in [4.69, 9.17) is 4.74 Å². The first-order valence-corrected chi connectivity index (χ1v) is 10.2. The summed E-state index contributed by atoms with van der Waals surface area (Å²) in [5.74, 6) is -4.40. The van der Waals surface area contributed by atoms with E-state index in [1.807, 2.05) is 0 Å². The number of nitrogens with zero attached hydrogens (tertiary/aromatic N) is 3. The number of carboxylic acids is 1. The predicted molar refractivity (Wildman–Crippen MR) is 110 cm³/mol. The molecule has 0 radical (unpaired) electrons. The van der Waals surface area contributed by atoms with Gasteiger partial charge in [-0.1, -0.05) is 11.2 Å². The van der Waals surface area contributed by atoms with E-state index in [9.17, 15) is 44.4 Å². The summed E-state index contributed by atoms with van der Waals surface area (Å²) in [5, 5.41) is 34.3. The smallest absolute Gasteiger partial charge is 0.352 e. The number of carbonyl (C=O) groups is 4. The average Bonchev–Trinajstić information content (AvgIpc) is 2.76. The molecule has 3 rings (SSSR count). The van der Waals surface area contributed by atoms with Gasteiger partial charge in [-0.15, -0.1) is 16.7 Å². The number of hydrogen-bond acceptors (Lipinski definition) is 11. The fourth-order valence-corrected chi connectivity index (χ4v) is 4.66. The van der Waals surface area contributed by atoms with Crippen LogP contribution in [-0.2, 0) is 23.9 Å². The molecule has 0 aromatic heterocycles. The zero-order chi connectivity index (χ0) is 24.4. The lowest BCUT2D eigenvalue weighted by molar-refractivity contribution is -0.385. The van der Waals surface area contributed by atoms with Crippen LogP contribution in [-0.4, -0.2) is 67.6 Å². The Morgan fingerprint density at radius 2 is 2.12 bits per heavy atom. The number of carboxylic acid groups (broad SMARTS) is 1. The Labute approximate surface area is 188 Å². The first-order valence-electron chi connectivity index (χ1n) is 9.20. The molecule has 14 nitrogen and oxygen atoms in total. The predicted octanol–water partition coefficient (Wildman–Crippen LogP) is 0.410. The average molecular weight is 480 g/mol. The largest absolute Gasteiger partial charge is 0.502 e. The van der Waals surface area contributed by atoms with Crippen LogP contribution < -0.4 is 5.32 Å². The van der Waals surface area contributed by atoms with Gasteiger partial charge in [0.2, 0.25) is 0 Å². The summed E-state index contributed by atoms with van der Waals surface area (Å²) in [4.78, 5) is 70.3. The van der Waals surface area contributed by atoms with Gasteiger partial charge in [-0.3, -0.25) is 29.4 Å². The Morgan fingerprint density at radius 1 is 1.42 bits per heavy atom. The third-order valence-electron chi connectivity index (χ3n) is 4.86. The van der Waals surface area contributed by atoms with Crippen molar-refractivity contribution < 1.29 is 39.1 Å². The lowest BCUT2D eigenvalue weighted by Gasteiger charge is -2.49. The van der Waals surface area contributed by atoms with Gasteiger partial charge in [0.05, 0.1) is 4.92 Å². The van der Waals surface area contributed by atoms with Crippen molar-refractivity contribution >= 4 is 41.2 Å². The lowest BCUT2D eigenvalue weighted by atomic mass is 10.0. The van der Waals surface area contributed by atoms with Gasteiger partial charge in [0.15, 0.2) is 11.8 Å². The van der Waals surface area contributed by atoms with E-state index in [1.165, 1.54) is 0 Å². The molecule has 1 aromatic carbocycles. The molecule has 0 spiro atoms. The summed E-state index contributed by atoms with van der Waals surface area (Å²) >= 11 is 1.12. The number of thioether (sulfide) groups is 1. The molecule has 0 saturated carbocycles. The molecule has 1 aromatic rings. The van der Waals surface area contributed by atoms with Crippen molar-refractivity contribution in [3.63, 3.8) is 0 Å². The Bertz CT molecular complexity index is 1100. The SMILES string of the molecule is CC(=O)OCC1=C(C(=O)O)N2C(=O)[C@@H](NC(=O)C(N=O)c3ccc(O)c([N+](=O)[O-])c3)[C@H]2SC1. The fraction of sp³-hybridized carbons (Fsp3) is 0.333. The van der Waals surface area contributed by atoms with Gasteiger partial charge >= 0.3 is 17.6 Å². The van der Waals surface area contributed by atoms with Gasteiger partial charge in [-0.05, 0) is 11.6 Å². The minimum Gasteiger partial charge on any atom is -0.502 e. The number of nitro groups is 1. The molecule has 1 fully saturated rings. The van der Waals surface area contributed by atoms with E-state index < -0.39 is 57.6 Å². The Morgan fingerprint density at radius 3 is 2.70 bits per heavy atom. The third kappa shape index (κ3) is 4.48. The van der Waals surface area contributed by atoms with Gasteiger partial charge in [-0.25, -0.2) is 4.79 Å². The van der Waals surface area contributed by atoms with Crippen LogP contribution in [0.4, 0.5) is 5.69 Å². The van der Waals surface area contributed by atoms with E-state index in [2.05, 4.69) is 10.5 Å². The molecular weight excluding hydrogens is 464 g/mol. The van der Waals surface area contributed by atoms with Crippen molar-refractivity contribution in [2.45, 2.75) is 24.4 Å². The maximum atomic E-state index is 12.6. The molecule has 0 aliphatic carbocycles. The summed E-state index contributed by atoms with van der Waals surface area (Å²) in [5.41, 5.74) is -1.06. The van der Waals surface area contributed by atoms with Crippen LogP contribution in [0.1, 0.15) is 18.5 Å². The molecule has 2 aliphatic heterocycles. The third-order valence-corrected chi connectivity index (χ3v) is 6.20. The number of amides is 2. The molecule has 1 saturated heterocycles. The number of nitro benzene ring substituents is 1. The topological polar surface area (TPSA) is 206 Å². The standard InChI is InChI=1S/C18H16N4O10S/c1-7(23)32-5-9-6-33-17-13(16(26)21(17)14(9)18(27)28)19-15(25)12(20-29)8-2-3-11(24)10(4-8)22(30)31/h2-4,12-13,17,24H,5-6H2,1H3,(H,19,25)(H,27,28)/t12?,13-,17-/m1/s1. The number of carbonyl (C=O) groups excluding carboxylic acids is 3. The second kappa shape index (κ2) is 9.23. The Balaban J connectivity index is 1.78. The fourth-order valence-electron chi connectivity index (χ4n) is 3.33. The molecule has 33 heavy (non-hydrogen) atoms. The number of aromatic hydroxyl groups is 1. The summed E-state index contributed by atoms with van der Waals surface area (Å²) in [6, 6.07) is -0.0826. The second-order valence-electron chi connectivity index (χ2n) is 6.95. The lowest BCUT2D eigenvalue weighted by Crippen LogP contribution is -2.70. The number of phenols is 1. The first kappa shape index (κ1) is 23.6. The number of benzene rings is 1. The van der Waals surface area contributed by atoms with Crippen molar-refractivity contribution in [2.24, 2.45) is 5.18 Å². The first-order chi connectivity index (χ1) is 15.6. The van der Waals surface area contributed by atoms with Crippen LogP contribution in [0.5, 0.6) is 5.75 Å². The van der Waals surface area contributed by atoms with Gasteiger partial charge in [0.1, 0.15) is 23.7 Å². The number of phenolic OH excluding ortho intramolecular Hbond substituents is 1. The number of β-lactam (4-membered cyclic amide) rings is 1. The zero-order valence-electron chi connectivity index (χ0n) is 16.8. The van der Waals surface area contributed by atoms with Crippen LogP contribution in [0.2, 0.25) is 0 Å². The molecule has 3 atom stereocenters. The number of nitrogens with one attached hydrogen (secondary N) is 1. The zero-order valence-corrected chi connectivity index (χ0v) is 17.6. The van der Waals surface area contributed by atoms with E-state index in [0.29, 0.717) is 0 Å². The molecule has 15 heteroatoms. The molecular formula is C18H16N4O10S. The van der Waals surface area contributed by atoms with Crippen molar-refractivity contribution in [3.8, 4) is 5.75 Å². The Kier molecular flexibility index (Phi) is 6.62. The summed E-state index contributed by atoms with van der Waals surface area (Å²) < 4.78 is 4.83. The summed E-state index contributed by atoms with van der Waals surface area (Å²) in [6.07, 6.45) is 0. The maximum Gasteiger partial charge on any atom is 0.352 e. The molecule has 2 amide bonds. The number of nitroso groups, excluding NO2 is 1. The van der Waals surface area contributed by atoms with Crippen molar-refractivity contribution in [1.82, 2.24) is 10.2 Å². The van der Waals surface area contributed by atoms with Gasteiger partial charge in [0.25, 0.3) is 11.8 Å². The molecule has 1 unspecified atom stereocenters. The molecule has 2 heterocycles. The summed E-state index contributed by atoms with van der Waals surface area (Å²) in [7, 11) is 0. The minimum atomic E-state index is -1.76. The van der Waals surface area contributed by atoms with Crippen LogP contribution in [0, 0.1) is 15.0 Å². The molecule has 174 valence electrons.